The Morgan fingerprint density at radius 1 is 0.652 bits per heavy atom. The quantitative estimate of drug-likeness (QED) is 0.521. The van der Waals surface area contributed by atoms with Crippen LogP contribution in [0, 0.1) is 0 Å². The van der Waals surface area contributed by atoms with Gasteiger partial charge in [-0.2, -0.15) is 0 Å². The molecule has 9 heteroatoms. The van der Waals surface area contributed by atoms with E-state index in [-0.39, 0.29) is 0 Å². The van der Waals surface area contributed by atoms with Crippen molar-refractivity contribution in [3.8, 4) is 0 Å². The molecule has 1 saturated heterocycles. The highest BCUT2D eigenvalue weighted by Gasteiger charge is 2.51. The Bertz CT molecular complexity index is 487. The molecule has 1 heterocycles. The average molecular weight is 332 g/mol. The molecule has 5 atom stereocenters. The second-order valence-electron chi connectivity index (χ2n) is 5.04. The Kier molecular flexibility index (Phi) is 6.49. The van der Waals surface area contributed by atoms with Crippen LogP contribution in [0.15, 0.2) is 0 Å². The molecule has 0 aromatic heterocycles. The molecule has 0 aromatic carbocycles. The second kappa shape index (κ2) is 7.91. The molecular formula is C14H20O9. The Hall–Kier alpha value is -2.16. The van der Waals surface area contributed by atoms with Crippen molar-refractivity contribution in [2.24, 2.45) is 0 Å². The summed E-state index contributed by atoms with van der Waals surface area (Å²) in [5.74, 6) is -2.69. The third-order valence-electron chi connectivity index (χ3n) is 2.92. The van der Waals surface area contributed by atoms with Gasteiger partial charge in [-0.3, -0.25) is 19.2 Å². The average Bonchev–Trinajstić information content (AvgIpc) is 2.36. The van der Waals surface area contributed by atoms with E-state index in [0.717, 1.165) is 20.8 Å². The first-order valence-corrected chi connectivity index (χ1v) is 6.96. The molecular weight excluding hydrogens is 312 g/mol. The van der Waals surface area contributed by atoms with Crippen molar-refractivity contribution < 1.29 is 42.9 Å². The van der Waals surface area contributed by atoms with Gasteiger partial charge in [0.2, 0.25) is 12.4 Å². The number of rotatable bonds is 4. The first-order chi connectivity index (χ1) is 10.6. The molecule has 1 aliphatic heterocycles. The summed E-state index contributed by atoms with van der Waals surface area (Å²) < 4.78 is 25.7. The summed E-state index contributed by atoms with van der Waals surface area (Å²) >= 11 is 0. The predicted molar refractivity (Wildman–Crippen MR) is 72.8 cm³/mol. The van der Waals surface area contributed by atoms with E-state index >= 15 is 0 Å². The van der Waals surface area contributed by atoms with Gasteiger partial charge in [-0.05, 0) is 6.92 Å². The highest BCUT2D eigenvalue weighted by Crippen LogP contribution is 2.29. The lowest BCUT2D eigenvalue weighted by atomic mass is 9.99. The Balaban J connectivity index is 3.15. The van der Waals surface area contributed by atoms with Gasteiger partial charge in [-0.25, -0.2) is 0 Å². The third kappa shape index (κ3) is 5.51. The molecule has 2 unspecified atom stereocenters. The minimum atomic E-state index is -1.29. The molecule has 130 valence electrons. The van der Waals surface area contributed by atoms with E-state index in [1.54, 1.807) is 6.92 Å². The van der Waals surface area contributed by atoms with Gasteiger partial charge in [-0.1, -0.05) is 0 Å². The Labute approximate surface area is 133 Å². The number of esters is 4. The summed E-state index contributed by atoms with van der Waals surface area (Å²) in [6.07, 6.45) is -5.51. The number of hydrogen-bond donors (Lipinski definition) is 0. The van der Waals surface area contributed by atoms with Crippen molar-refractivity contribution in [3.63, 3.8) is 0 Å². The fourth-order valence-electron chi connectivity index (χ4n) is 2.23. The van der Waals surface area contributed by atoms with Crippen LogP contribution < -0.4 is 0 Å². The van der Waals surface area contributed by atoms with E-state index in [0.29, 0.717) is 0 Å². The fraction of sp³-hybridized carbons (Fsp3) is 0.714. The number of ether oxygens (including phenoxy) is 5. The molecule has 0 N–H and O–H groups in total. The summed E-state index contributed by atoms with van der Waals surface area (Å²) in [6.45, 7) is 6.16. The van der Waals surface area contributed by atoms with Crippen molar-refractivity contribution in [2.75, 3.05) is 0 Å². The second-order valence-corrected chi connectivity index (χ2v) is 5.04. The van der Waals surface area contributed by atoms with Gasteiger partial charge in [0, 0.05) is 27.7 Å². The maximum Gasteiger partial charge on any atom is 0.305 e. The molecule has 0 amide bonds. The molecule has 0 aromatic rings. The van der Waals surface area contributed by atoms with Gasteiger partial charge in [0.15, 0.2) is 12.2 Å². The maximum absolute atomic E-state index is 11.4. The predicted octanol–water partition coefficient (Wildman–Crippen LogP) is 0.0894. The first kappa shape index (κ1) is 18.9. The monoisotopic (exact) mass is 332 g/mol. The number of hydrogen-bond acceptors (Lipinski definition) is 9. The van der Waals surface area contributed by atoms with Crippen LogP contribution in [0.1, 0.15) is 34.6 Å². The van der Waals surface area contributed by atoms with Crippen LogP contribution in [0.5, 0.6) is 0 Å². The fourth-order valence-corrected chi connectivity index (χ4v) is 2.23. The van der Waals surface area contributed by atoms with Crippen molar-refractivity contribution in [3.05, 3.63) is 0 Å². The highest BCUT2D eigenvalue weighted by atomic mass is 16.7. The van der Waals surface area contributed by atoms with E-state index in [4.69, 9.17) is 23.7 Å². The topological polar surface area (TPSA) is 114 Å². The molecule has 0 aliphatic carbocycles. The zero-order valence-corrected chi connectivity index (χ0v) is 13.6. The summed E-state index contributed by atoms with van der Waals surface area (Å²) in [5, 5.41) is 0. The minimum absolute atomic E-state index is 0.630. The van der Waals surface area contributed by atoms with Gasteiger partial charge in [0.25, 0.3) is 0 Å². The van der Waals surface area contributed by atoms with Gasteiger partial charge < -0.3 is 23.7 Å². The standard InChI is InChI=1S/C14H20O9/c1-6-11(20-7(2)15)12(21-8(3)16)13(22-9(4)17)14(19-6)23-10(5)18/h6,11-14H,1-5H3/t6?,11-,12?,13+,14+/m1/s1. The van der Waals surface area contributed by atoms with Crippen molar-refractivity contribution in [2.45, 2.75) is 65.3 Å². The van der Waals surface area contributed by atoms with Gasteiger partial charge in [-0.15, -0.1) is 0 Å². The molecule has 0 saturated carbocycles. The van der Waals surface area contributed by atoms with E-state index in [2.05, 4.69) is 0 Å². The summed E-state index contributed by atoms with van der Waals surface area (Å²) in [7, 11) is 0. The normalized spacial score (nSPS) is 30.0. The van der Waals surface area contributed by atoms with Crippen molar-refractivity contribution >= 4 is 23.9 Å². The van der Waals surface area contributed by atoms with Crippen LogP contribution in [0.3, 0.4) is 0 Å². The molecule has 0 bridgehead atoms. The smallest absolute Gasteiger partial charge is 0.305 e. The molecule has 1 aliphatic rings. The molecule has 1 fully saturated rings. The lowest BCUT2D eigenvalue weighted by Crippen LogP contribution is -2.61. The number of carbonyl (C=O) groups excluding carboxylic acids is 4. The van der Waals surface area contributed by atoms with Crippen molar-refractivity contribution in [1.29, 1.82) is 0 Å². The van der Waals surface area contributed by atoms with E-state index < -0.39 is 54.6 Å². The summed E-state index contributed by atoms with van der Waals surface area (Å²) in [6, 6.07) is 0. The molecule has 1 rings (SSSR count). The third-order valence-corrected chi connectivity index (χ3v) is 2.92. The highest BCUT2D eigenvalue weighted by molar-refractivity contribution is 5.69. The summed E-state index contributed by atoms with van der Waals surface area (Å²) in [4.78, 5) is 45.1. The zero-order chi connectivity index (χ0) is 17.7. The SMILES string of the molecule is CC(=O)OC1[C@H](OC(C)=O)C(C)O[C@@H](OC(C)=O)[C@H]1OC(C)=O. The van der Waals surface area contributed by atoms with Crippen LogP contribution in [0.25, 0.3) is 0 Å². The largest absolute Gasteiger partial charge is 0.456 e. The Morgan fingerprint density at radius 2 is 1.04 bits per heavy atom. The maximum atomic E-state index is 11.4. The van der Waals surface area contributed by atoms with Gasteiger partial charge in [0.1, 0.15) is 0 Å². The van der Waals surface area contributed by atoms with Crippen LogP contribution >= 0.6 is 0 Å². The Morgan fingerprint density at radius 3 is 1.48 bits per heavy atom. The van der Waals surface area contributed by atoms with Crippen LogP contribution in [0.4, 0.5) is 0 Å². The van der Waals surface area contributed by atoms with Crippen molar-refractivity contribution in [1.82, 2.24) is 0 Å². The lowest BCUT2D eigenvalue weighted by molar-refractivity contribution is -0.292. The zero-order valence-electron chi connectivity index (χ0n) is 13.6. The summed E-state index contributed by atoms with van der Waals surface area (Å²) in [5.41, 5.74) is 0. The van der Waals surface area contributed by atoms with E-state index in [1.165, 1.54) is 6.92 Å². The molecule has 0 radical (unpaired) electrons. The van der Waals surface area contributed by atoms with Gasteiger partial charge >= 0.3 is 23.9 Å². The van der Waals surface area contributed by atoms with Crippen LogP contribution in [-0.2, 0) is 42.9 Å². The first-order valence-electron chi connectivity index (χ1n) is 6.96. The molecule has 0 spiro atoms. The lowest BCUT2D eigenvalue weighted by Gasteiger charge is -2.42. The van der Waals surface area contributed by atoms with E-state index in [1.807, 2.05) is 0 Å². The molecule has 23 heavy (non-hydrogen) atoms. The number of carbonyl (C=O) groups is 4. The minimum Gasteiger partial charge on any atom is -0.456 e. The molecule has 9 nitrogen and oxygen atoms in total. The van der Waals surface area contributed by atoms with Crippen LogP contribution in [0.2, 0.25) is 0 Å². The van der Waals surface area contributed by atoms with Crippen LogP contribution in [-0.4, -0.2) is 54.6 Å². The van der Waals surface area contributed by atoms with E-state index in [9.17, 15) is 19.2 Å². The van der Waals surface area contributed by atoms with Gasteiger partial charge in [0.05, 0.1) is 6.10 Å².